The molecule has 6 heteroatoms. The second-order valence-electron chi connectivity index (χ2n) is 4.75. The number of amides is 1. The zero-order chi connectivity index (χ0) is 13.2. The van der Waals surface area contributed by atoms with Gasteiger partial charge in [0.1, 0.15) is 18.3 Å². The van der Waals surface area contributed by atoms with Crippen molar-refractivity contribution in [2.75, 3.05) is 7.05 Å². The summed E-state index contributed by atoms with van der Waals surface area (Å²) in [7, 11) is 1.74. The van der Waals surface area contributed by atoms with Crippen molar-refractivity contribution in [3.63, 3.8) is 0 Å². The number of hydrogen-bond acceptors (Lipinski definition) is 5. The van der Waals surface area contributed by atoms with Crippen molar-refractivity contribution in [3.05, 3.63) is 41.8 Å². The molecule has 3 rings (SSSR count). The van der Waals surface area contributed by atoms with Gasteiger partial charge in [-0.05, 0) is 12.8 Å². The zero-order valence-corrected chi connectivity index (χ0v) is 10.6. The normalized spacial score (nSPS) is 14.4. The number of nitrogens with zero attached hydrogens (tertiary/aromatic N) is 4. The van der Waals surface area contributed by atoms with Gasteiger partial charge < -0.3 is 9.42 Å². The SMILES string of the molecule is CN(Cc1ccon1)C(=O)c1cncnc1C1CC1. The van der Waals surface area contributed by atoms with Crippen LogP contribution in [0.4, 0.5) is 0 Å². The molecule has 1 amide bonds. The Morgan fingerprint density at radius 2 is 2.37 bits per heavy atom. The van der Waals surface area contributed by atoms with Gasteiger partial charge in [0.2, 0.25) is 0 Å². The van der Waals surface area contributed by atoms with Crippen LogP contribution in [0.3, 0.4) is 0 Å². The van der Waals surface area contributed by atoms with Crippen molar-refractivity contribution in [3.8, 4) is 0 Å². The molecule has 1 aliphatic carbocycles. The third-order valence-corrected chi connectivity index (χ3v) is 3.17. The molecule has 0 radical (unpaired) electrons. The van der Waals surface area contributed by atoms with Crippen LogP contribution in [-0.2, 0) is 6.54 Å². The predicted molar refractivity (Wildman–Crippen MR) is 66.3 cm³/mol. The van der Waals surface area contributed by atoms with E-state index in [1.54, 1.807) is 24.2 Å². The lowest BCUT2D eigenvalue weighted by atomic mass is 10.1. The monoisotopic (exact) mass is 258 g/mol. The summed E-state index contributed by atoms with van der Waals surface area (Å²) in [5, 5.41) is 3.80. The molecule has 1 saturated carbocycles. The molecule has 0 aromatic carbocycles. The van der Waals surface area contributed by atoms with Gasteiger partial charge in [-0.1, -0.05) is 5.16 Å². The molecule has 0 spiro atoms. The van der Waals surface area contributed by atoms with E-state index in [2.05, 4.69) is 15.1 Å². The van der Waals surface area contributed by atoms with E-state index in [1.807, 2.05) is 0 Å². The summed E-state index contributed by atoms with van der Waals surface area (Å²) in [5.41, 5.74) is 2.18. The second-order valence-corrected chi connectivity index (χ2v) is 4.75. The highest BCUT2D eigenvalue weighted by Gasteiger charge is 2.30. The third kappa shape index (κ3) is 2.47. The molecule has 1 aliphatic rings. The average Bonchev–Trinajstić information content (AvgIpc) is 3.16. The molecular weight excluding hydrogens is 244 g/mol. The fourth-order valence-corrected chi connectivity index (χ4v) is 2.03. The number of aromatic nitrogens is 3. The van der Waals surface area contributed by atoms with Crippen LogP contribution in [-0.4, -0.2) is 33.0 Å². The van der Waals surface area contributed by atoms with E-state index in [-0.39, 0.29) is 5.91 Å². The van der Waals surface area contributed by atoms with Crippen LogP contribution in [0.15, 0.2) is 29.4 Å². The van der Waals surface area contributed by atoms with Crippen molar-refractivity contribution in [1.29, 1.82) is 0 Å². The Morgan fingerprint density at radius 3 is 3.05 bits per heavy atom. The quantitative estimate of drug-likeness (QED) is 0.833. The lowest BCUT2D eigenvalue weighted by molar-refractivity contribution is 0.0780. The van der Waals surface area contributed by atoms with Crippen molar-refractivity contribution < 1.29 is 9.32 Å². The predicted octanol–water partition coefficient (Wildman–Crippen LogP) is 1.61. The van der Waals surface area contributed by atoms with Gasteiger partial charge in [-0.15, -0.1) is 0 Å². The summed E-state index contributed by atoms with van der Waals surface area (Å²) >= 11 is 0. The number of carbonyl (C=O) groups is 1. The Morgan fingerprint density at radius 1 is 1.53 bits per heavy atom. The molecule has 0 aliphatic heterocycles. The molecule has 19 heavy (non-hydrogen) atoms. The Hall–Kier alpha value is -2.24. The molecule has 6 nitrogen and oxygen atoms in total. The van der Waals surface area contributed by atoms with Crippen LogP contribution in [0.5, 0.6) is 0 Å². The maximum atomic E-state index is 12.4. The minimum absolute atomic E-state index is 0.0782. The van der Waals surface area contributed by atoms with E-state index >= 15 is 0 Å². The first-order valence-corrected chi connectivity index (χ1v) is 6.20. The highest BCUT2D eigenvalue weighted by atomic mass is 16.5. The summed E-state index contributed by atoms with van der Waals surface area (Å²) < 4.78 is 4.76. The van der Waals surface area contributed by atoms with Crippen LogP contribution in [0.1, 0.15) is 40.5 Å². The van der Waals surface area contributed by atoms with Gasteiger partial charge in [0.05, 0.1) is 17.8 Å². The molecule has 2 aromatic heterocycles. The Labute approximate surface area is 110 Å². The lowest BCUT2D eigenvalue weighted by Crippen LogP contribution is -2.27. The number of hydrogen-bond donors (Lipinski definition) is 0. The van der Waals surface area contributed by atoms with Gasteiger partial charge in [-0.3, -0.25) is 4.79 Å². The maximum absolute atomic E-state index is 12.4. The standard InChI is InChI=1S/C13H14N4O2/c1-17(7-10-4-5-19-16-10)13(18)11-6-14-8-15-12(11)9-2-3-9/h4-6,8-9H,2-3,7H2,1H3. The van der Waals surface area contributed by atoms with Crippen LogP contribution in [0.25, 0.3) is 0 Å². The Kier molecular flexibility index (Phi) is 2.98. The molecule has 0 N–H and O–H groups in total. The summed E-state index contributed by atoms with van der Waals surface area (Å²) in [4.78, 5) is 22.2. The van der Waals surface area contributed by atoms with Gasteiger partial charge in [-0.25, -0.2) is 9.97 Å². The zero-order valence-electron chi connectivity index (χ0n) is 10.6. The minimum Gasteiger partial charge on any atom is -0.364 e. The first kappa shape index (κ1) is 11.8. The fraction of sp³-hybridized carbons (Fsp3) is 0.385. The van der Waals surface area contributed by atoms with Crippen molar-refractivity contribution in [2.45, 2.75) is 25.3 Å². The molecule has 2 heterocycles. The second kappa shape index (κ2) is 4.79. The molecule has 0 saturated heterocycles. The van der Waals surface area contributed by atoms with E-state index in [9.17, 15) is 4.79 Å². The average molecular weight is 258 g/mol. The van der Waals surface area contributed by atoms with Crippen molar-refractivity contribution in [1.82, 2.24) is 20.0 Å². The summed E-state index contributed by atoms with van der Waals surface area (Å²) in [6, 6.07) is 1.74. The molecule has 0 unspecified atom stereocenters. The van der Waals surface area contributed by atoms with Gasteiger partial charge in [0.25, 0.3) is 5.91 Å². The Balaban J connectivity index is 1.79. The van der Waals surface area contributed by atoms with Gasteiger partial charge >= 0.3 is 0 Å². The first-order valence-electron chi connectivity index (χ1n) is 6.20. The van der Waals surface area contributed by atoms with Crippen LogP contribution in [0, 0.1) is 0 Å². The molecular formula is C13H14N4O2. The van der Waals surface area contributed by atoms with Crippen molar-refractivity contribution >= 4 is 5.91 Å². The smallest absolute Gasteiger partial charge is 0.257 e. The largest absolute Gasteiger partial charge is 0.364 e. The summed E-state index contributed by atoms with van der Waals surface area (Å²) in [6.07, 6.45) is 6.80. The van der Waals surface area contributed by atoms with E-state index in [1.165, 1.54) is 12.6 Å². The van der Waals surface area contributed by atoms with Crippen LogP contribution < -0.4 is 0 Å². The highest BCUT2D eigenvalue weighted by molar-refractivity contribution is 5.95. The summed E-state index contributed by atoms with van der Waals surface area (Å²) in [5.74, 6) is 0.341. The third-order valence-electron chi connectivity index (χ3n) is 3.17. The van der Waals surface area contributed by atoms with E-state index < -0.39 is 0 Å². The molecule has 0 atom stereocenters. The summed E-state index contributed by atoms with van der Waals surface area (Å²) in [6.45, 7) is 0.411. The van der Waals surface area contributed by atoms with E-state index in [4.69, 9.17) is 4.52 Å². The van der Waals surface area contributed by atoms with Crippen molar-refractivity contribution in [2.24, 2.45) is 0 Å². The maximum Gasteiger partial charge on any atom is 0.257 e. The van der Waals surface area contributed by atoms with Gasteiger partial charge in [0, 0.05) is 25.2 Å². The topological polar surface area (TPSA) is 72.1 Å². The molecule has 0 bridgehead atoms. The van der Waals surface area contributed by atoms with E-state index in [0.29, 0.717) is 18.0 Å². The van der Waals surface area contributed by atoms with Crippen LogP contribution in [0.2, 0.25) is 0 Å². The lowest BCUT2D eigenvalue weighted by Gasteiger charge is -2.16. The van der Waals surface area contributed by atoms with Gasteiger partial charge in [0.15, 0.2) is 0 Å². The molecule has 98 valence electrons. The molecule has 2 aromatic rings. The number of carbonyl (C=O) groups excluding carboxylic acids is 1. The minimum atomic E-state index is -0.0782. The molecule has 1 fully saturated rings. The van der Waals surface area contributed by atoms with Crippen LogP contribution >= 0.6 is 0 Å². The first-order chi connectivity index (χ1) is 9.25. The number of rotatable bonds is 4. The Bertz CT molecular complexity index is 578. The van der Waals surface area contributed by atoms with Gasteiger partial charge in [-0.2, -0.15) is 0 Å². The highest BCUT2D eigenvalue weighted by Crippen LogP contribution is 2.40. The van der Waals surface area contributed by atoms with E-state index in [0.717, 1.165) is 24.2 Å². The fourth-order valence-electron chi connectivity index (χ4n) is 2.03.